The maximum Gasteiger partial charge on any atom is 0.405 e. The van der Waals surface area contributed by atoms with Crippen LogP contribution in [0, 0.1) is 5.41 Å². The Bertz CT molecular complexity index is 1270. The molecule has 0 saturated carbocycles. The first-order chi connectivity index (χ1) is 16.3. The summed E-state index contributed by atoms with van der Waals surface area (Å²) < 4.78 is 44.1. The highest BCUT2D eigenvalue weighted by Gasteiger charge is 2.48. The van der Waals surface area contributed by atoms with Gasteiger partial charge in [0.25, 0.3) is 5.91 Å². The average Bonchev–Trinajstić information content (AvgIpc) is 3.46. The van der Waals surface area contributed by atoms with E-state index >= 15 is 0 Å². The number of carbonyl (C=O) groups excluding carboxylic acids is 2. The van der Waals surface area contributed by atoms with Crippen LogP contribution in [0.3, 0.4) is 0 Å². The van der Waals surface area contributed by atoms with Crippen molar-refractivity contribution in [3.63, 3.8) is 0 Å². The Morgan fingerprint density at radius 3 is 2.77 bits per heavy atom. The molecule has 1 aliphatic heterocycles. The third-order valence-corrected chi connectivity index (χ3v) is 5.51. The van der Waals surface area contributed by atoms with Crippen molar-refractivity contribution in [3.8, 4) is 11.5 Å². The zero-order chi connectivity index (χ0) is 25.5. The number of nitrogens with one attached hydrogen (secondary N) is 2. The summed E-state index contributed by atoms with van der Waals surface area (Å²) in [6.45, 7) is 2.01. The van der Waals surface area contributed by atoms with E-state index in [-0.39, 0.29) is 41.4 Å². The molecule has 0 spiro atoms. The summed E-state index contributed by atoms with van der Waals surface area (Å²) in [6, 6.07) is 2.78. The molecule has 0 aromatic carbocycles. The van der Waals surface area contributed by atoms with Crippen LogP contribution in [0.5, 0.6) is 0 Å². The fourth-order valence-corrected chi connectivity index (χ4v) is 3.47. The third-order valence-electron chi connectivity index (χ3n) is 5.51. The van der Waals surface area contributed by atoms with Crippen molar-refractivity contribution in [1.82, 2.24) is 19.7 Å². The molecule has 2 amide bonds. The predicted molar refractivity (Wildman–Crippen MR) is 118 cm³/mol. The molecule has 0 aliphatic carbocycles. The number of rotatable bonds is 6. The normalized spacial score (nSPS) is 17.6. The molecule has 14 heteroatoms. The topological polar surface area (TPSA) is 138 Å². The number of hydrogen-bond donors (Lipinski definition) is 3. The van der Waals surface area contributed by atoms with Crippen LogP contribution in [-0.2, 0) is 11.8 Å². The molecule has 1 aliphatic rings. The number of hydrogen-bond acceptors (Lipinski definition) is 8. The van der Waals surface area contributed by atoms with Gasteiger partial charge in [-0.15, -0.1) is 0 Å². The molecular formula is C21H22F3N7O4. The SMILES string of the molecule is Cn1cc(NC(=O)c2coc(-c3ccnc(NCC(F)(F)F)c3)n2)c(N2CC(O)C(C)(C)C2=O)n1. The maximum absolute atomic E-state index is 12.8. The molecule has 3 aromatic rings. The Hall–Kier alpha value is -3.94. The number of anilines is 3. The van der Waals surface area contributed by atoms with Crippen LogP contribution in [0.25, 0.3) is 11.5 Å². The van der Waals surface area contributed by atoms with Gasteiger partial charge >= 0.3 is 6.18 Å². The van der Waals surface area contributed by atoms with Crippen molar-refractivity contribution in [1.29, 1.82) is 0 Å². The van der Waals surface area contributed by atoms with Crippen LogP contribution in [0.1, 0.15) is 24.3 Å². The number of alkyl halides is 3. The second-order valence-electron chi connectivity index (χ2n) is 8.58. The molecule has 0 radical (unpaired) electrons. The van der Waals surface area contributed by atoms with E-state index in [2.05, 4.69) is 25.7 Å². The van der Waals surface area contributed by atoms with Crippen molar-refractivity contribution in [2.24, 2.45) is 12.5 Å². The summed E-state index contributed by atoms with van der Waals surface area (Å²) in [4.78, 5) is 34.8. The molecule has 4 heterocycles. The van der Waals surface area contributed by atoms with Crippen molar-refractivity contribution >= 4 is 29.1 Å². The van der Waals surface area contributed by atoms with Crippen LogP contribution in [-0.4, -0.2) is 62.0 Å². The molecule has 1 atom stereocenters. The van der Waals surface area contributed by atoms with Crippen LogP contribution in [0.2, 0.25) is 0 Å². The van der Waals surface area contributed by atoms with Gasteiger partial charge in [-0.3, -0.25) is 19.2 Å². The van der Waals surface area contributed by atoms with Gasteiger partial charge in [0.15, 0.2) is 11.5 Å². The Balaban J connectivity index is 1.51. The summed E-state index contributed by atoms with van der Waals surface area (Å²) in [5.74, 6) is -0.863. The minimum Gasteiger partial charge on any atom is -0.444 e. The monoisotopic (exact) mass is 493 g/mol. The molecule has 4 rings (SSSR count). The van der Waals surface area contributed by atoms with E-state index in [0.29, 0.717) is 5.56 Å². The van der Waals surface area contributed by atoms with Gasteiger partial charge in [-0.05, 0) is 26.0 Å². The highest BCUT2D eigenvalue weighted by molar-refractivity contribution is 6.07. The number of aryl methyl sites for hydroxylation is 1. The molecule has 11 nitrogen and oxygen atoms in total. The van der Waals surface area contributed by atoms with Gasteiger partial charge in [0.1, 0.15) is 24.3 Å². The molecule has 186 valence electrons. The lowest BCUT2D eigenvalue weighted by Gasteiger charge is -2.19. The Morgan fingerprint density at radius 1 is 1.37 bits per heavy atom. The molecule has 3 N–H and O–H groups in total. The largest absolute Gasteiger partial charge is 0.444 e. The maximum atomic E-state index is 12.8. The van der Waals surface area contributed by atoms with E-state index < -0.39 is 30.1 Å². The van der Waals surface area contributed by atoms with Crippen LogP contribution < -0.4 is 15.5 Å². The number of aliphatic hydroxyl groups is 1. The first kappa shape index (κ1) is 24.2. The molecular weight excluding hydrogens is 471 g/mol. The highest BCUT2D eigenvalue weighted by atomic mass is 19.4. The van der Waals surface area contributed by atoms with Crippen molar-refractivity contribution in [2.75, 3.05) is 28.6 Å². The van der Waals surface area contributed by atoms with E-state index in [4.69, 9.17) is 4.42 Å². The highest BCUT2D eigenvalue weighted by Crippen LogP contribution is 2.37. The number of carbonyl (C=O) groups is 2. The summed E-state index contributed by atoms with van der Waals surface area (Å²) in [5.41, 5.74) is -0.574. The zero-order valence-corrected chi connectivity index (χ0v) is 18.9. The minimum absolute atomic E-state index is 0.00129. The second kappa shape index (κ2) is 8.69. The molecule has 35 heavy (non-hydrogen) atoms. The van der Waals surface area contributed by atoms with Crippen molar-refractivity contribution < 1.29 is 32.3 Å². The lowest BCUT2D eigenvalue weighted by atomic mass is 9.89. The van der Waals surface area contributed by atoms with Crippen LogP contribution >= 0.6 is 0 Å². The Kier molecular flexibility index (Phi) is 6.00. The van der Waals surface area contributed by atoms with E-state index in [1.54, 1.807) is 20.9 Å². The van der Waals surface area contributed by atoms with Gasteiger partial charge < -0.3 is 20.2 Å². The van der Waals surface area contributed by atoms with E-state index in [1.165, 1.54) is 34.1 Å². The van der Waals surface area contributed by atoms with Gasteiger partial charge in [0.05, 0.1) is 24.3 Å². The Morgan fingerprint density at radius 2 is 2.11 bits per heavy atom. The van der Waals surface area contributed by atoms with Crippen molar-refractivity contribution in [3.05, 3.63) is 36.5 Å². The lowest BCUT2D eigenvalue weighted by molar-refractivity contribution is -0.126. The van der Waals surface area contributed by atoms with Gasteiger partial charge in [0.2, 0.25) is 11.8 Å². The smallest absolute Gasteiger partial charge is 0.405 e. The molecule has 1 unspecified atom stereocenters. The summed E-state index contributed by atoms with van der Waals surface area (Å²) in [6.07, 6.45) is -1.44. The molecule has 0 bridgehead atoms. The van der Waals surface area contributed by atoms with Gasteiger partial charge in [-0.25, -0.2) is 9.97 Å². The Labute approximate surface area is 197 Å². The first-order valence-electron chi connectivity index (χ1n) is 10.4. The summed E-state index contributed by atoms with van der Waals surface area (Å²) >= 11 is 0. The van der Waals surface area contributed by atoms with E-state index in [0.717, 1.165) is 6.26 Å². The number of pyridine rings is 1. The summed E-state index contributed by atoms with van der Waals surface area (Å²) in [7, 11) is 1.61. The third kappa shape index (κ3) is 4.96. The van der Waals surface area contributed by atoms with E-state index in [1.807, 2.05) is 0 Å². The molecule has 3 aromatic heterocycles. The summed E-state index contributed by atoms with van der Waals surface area (Å²) in [5, 5.41) is 19.3. The van der Waals surface area contributed by atoms with Gasteiger partial charge in [0, 0.05) is 18.8 Å². The fourth-order valence-electron chi connectivity index (χ4n) is 3.47. The first-order valence-corrected chi connectivity index (χ1v) is 10.4. The second-order valence-corrected chi connectivity index (χ2v) is 8.58. The number of halogens is 3. The minimum atomic E-state index is -4.41. The van der Waals surface area contributed by atoms with Crippen molar-refractivity contribution in [2.45, 2.75) is 26.1 Å². The molecule has 1 saturated heterocycles. The quantitative estimate of drug-likeness (QED) is 0.476. The predicted octanol–water partition coefficient (Wildman–Crippen LogP) is 2.43. The molecule has 1 fully saturated rings. The number of β-amino-alcohol motifs (C(OH)–C–C–N with tert-alkyl or cyclic N) is 1. The number of amides is 2. The van der Waals surface area contributed by atoms with E-state index in [9.17, 15) is 27.9 Å². The lowest BCUT2D eigenvalue weighted by Crippen LogP contribution is -2.33. The van der Waals surface area contributed by atoms with Gasteiger partial charge in [-0.2, -0.15) is 18.3 Å². The standard InChI is InChI=1S/C21H22F3N7O4/c1-20(2)14(32)8-31(19(20)34)16-12(7-30(3)29-16)27-17(33)13-9-35-18(28-13)11-4-5-25-15(6-11)26-10-21(22,23)24/h4-7,9,14,32H,8,10H2,1-3H3,(H,25,26)(H,27,33). The zero-order valence-electron chi connectivity index (χ0n) is 18.9. The average molecular weight is 493 g/mol. The van der Waals surface area contributed by atoms with Crippen LogP contribution in [0.4, 0.5) is 30.5 Å². The number of aliphatic hydroxyl groups excluding tert-OH is 1. The number of aromatic nitrogens is 4. The van der Waals surface area contributed by atoms with Crippen LogP contribution in [0.15, 0.2) is 35.2 Å². The number of nitrogens with zero attached hydrogens (tertiary/aromatic N) is 5. The fraction of sp³-hybridized carbons (Fsp3) is 0.381. The van der Waals surface area contributed by atoms with Gasteiger partial charge in [-0.1, -0.05) is 0 Å². The number of oxazole rings is 1.